The van der Waals surface area contributed by atoms with E-state index in [1.807, 2.05) is 0 Å². The molecular weight excluding hydrogens is 296 g/mol. The number of carboxylic acid groups (broad SMARTS) is 4. The van der Waals surface area contributed by atoms with Gasteiger partial charge >= 0.3 is 23.9 Å². The molecule has 0 saturated heterocycles. The second kappa shape index (κ2) is 9.75. The van der Waals surface area contributed by atoms with Crippen LogP contribution in [0.2, 0.25) is 0 Å². The summed E-state index contributed by atoms with van der Waals surface area (Å²) in [6, 6.07) is 0. The monoisotopic (exact) mass is 318 g/mol. The van der Waals surface area contributed by atoms with Crippen LogP contribution < -0.4 is 0 Å². The molecule has 3 atom stereocenters. The summed E-state index contributed by atoms with van der Waals surface area (Å²) in [6.45, 7) is 1.42. The molecule has 0 spiro atoms. The van der Waals surface area contributed by atoms with Gasteiger partial charge in [0.2, 0.25) is 0 Å². The maximum atomic E-state index is 11.1. The summed E-state index contributed by atoms with van der Waals surface area (Å²) in [7, 11) is 0. The molecule has 126 valence electrons. The minimum absolute atomic E-state index is 0.00602. The highest BCUT2D eigenvalue weighted by Crippen LogP contribution is 2.22. The van der Waals surface area contributed by atoms with Crippen molar-refractivity contribution in [3.05, 3.63) is 0 Å². The number of carboxylic acids is 4. The number of carbonyl (C=O) groups is 4. The number of hydrogen-bond acceptors (Lipinski definition) is 4. The molecule has 0 heterocycles. The second-order valence-corrected chi connectivity index (χ2v) is 5.41. The standard InChI is InChI=1S/C14H22O8/c1-8(12(17)18)7-10(14(21)22)4-2-3-9(13(19)20)5-6-11(15)16/h8-10H,2-7H2,1H3,(H,15,16)(H,17,18)(H,19,20)(H,21,22). The first-order chi connectivity index (χ1) is 10.1. The van der Waals surface area contributed by atoms with E-state index in [1.54, 1.807) is 0 Å². The van der Waals surface area contributed by atoms with Gasteiger partial charge in [-0.1, -0.05) is 13.3 Å². The molecular formula is C14H22O8. The average Bonchev–Trinajstić information content (AvgIpc) is 2.39. The summed E-state index contributed by atoms with van der Waals surface area (Å²) in [5.74, 6) is -6.83. The Morgan fingerprint density at radius 3 is 1.68 bits per heavy atom. The predicted molar refractivity (Wildman–Crippen MR) is 74.4 cm³/mol. The summed E-state index contributed by atoms with van der Waals surface area (Å²) in [6.07, 6.45) is 0.360. The Morgan fingerprint density at radius 2 is 1.27 bits per heavy atom. The lowest BCUT2D eigenvalue weighted by Gasteiger charge is -2.16. The van der Waals surface area contributed by atoms with Crippen LogP contribution in [0.4, 0.5) is 0 Å². The third-order valence-corrected chi connectivity index (χ3v) is 3.57. The Kier molecular flexibility index (Phi) is 8.81. The summed E-state index contributed by atoms with van der Waals surface area (Å²) in [5, 5.41) is 35.4. The van der Waals surface area contributed by atoms with E-state index in [9.17, 15) is 19.2 Å². The molecule has 0 aromatic rings. The van der Waals surface area contributed by atoms with Crippen molar-refractivity contribution in [3.63, 3.8) is 0 Å². The van der Waals surface area contributed by atoms with Gasteiger partial charge in [-0.05, 0) is 25.7 Å². The molecule has 8 nitrogen and oxygen atoms in total. The highest BCUT2D eigenvalue weighted by Gasteiger charge is 2.25. The van der Waals surface area contributed by atoms with E-state index in [1.165, 1.54) is 6.92 Å². The first kappa shape index (κ1) is 19.9. The highest BCUT2D eigenvalue weighted by atomic mass is 16.4. The first-order valence-corrected chi connectivity index (χ1v) is 7.05. The lowest BCUT2D eigenvalue weighted by molar-refractivity contribution is -0.145. The van der Waals surface area contributed by atoms with Crippen molar-refractivity contribution in [2.75, 3.05) is 0 Å². The van der Waals surface area contributed by atoms with E-state index in [0.29, 0.717) is 6.42 Å². The van der Waals surface area contributed by atoms with E-state index in [-0.39, 0.29) is 32.1 Å². The van der Waals surface area contributed by atoms with Crippen molar-refractivity contribution < 1.29 is 39.6 Å². The van der Waals surface area contributed by atoms with Gasteiger partial charge in [0.1, 0.15) is 0 Å². The Labute approximate surface area is 127 Å². The highest BCUT2D eigenvalue weighted by molar-refractivity contribution is 5.73. The fourth-order valence-electron chi connectivity index (χ4n) is 2.17. The zero-order valence-corrected chi connectivity index (χ0v) is 12.4. The van der Waals surface area contributed by atoms with Crippen LogP contribution in [-0.2, 0) is 19.2 Å². The molecule has 22 heavy (non-hydrogen) atoms. The summed E-state index contributed by atoms with van der Waals surface area (Å²) >= 11 is 0. The van der Waals surface area contributed by atoms with Gasteiger partial charge in [-0.15, -0.1) is 0 Å². The zero-order valence-electron chi connectivity index (χ0n) is 12.4. The van der Waals surface area contributed by atoms with Crippen LogP contribution in [0.25, 0.3) is 0 Å². The van der Waals surface area contributed by atoms with Crippen molar-refractivity contribution in [1.29, 1.82) is 0 Å². The SMILES string of the molecule is CC(CC(CCCC(CCC(=O)O)C(=O)O)C(=O)O)C(=O)O. The molecule has 8 heteroatoms. The van der Waals surface area contributed by atoms with E-state index in [4.69, 9.17) is 20.4 Å². The quantitative estimate of drug-likeness (QED) is 0.423. The van der Waals surface area contributed by atoms with E-state index in [0.717, 1.165) is 0 Å². The normalized spacial score (nSPS) is 14.8. The van der Waals surface area contributed by atoms with Gasteiger partial charge < -0.3 is 20.4 Å². The molecule has 0 rings (SSSR count). The number of rotatable bonds is 12. The Bertz CT molecular complexity index is 417. The van der Waals surface area contributed by atoms with Crippen LogP contribution in [0.1, 0.15) is 45.4 Å². The Balaban J connectivity index is 4.39. The molecule has 0 aliphatic rings. The zero-order chi connectivity index (χ0) is 17.3. The molecule has 0 aromatic carbocycles. The van der Waals surface area contributed by atoms with Crippen molar-refractivity contribution >= 4 is 23.9 Å². The van der Waals surface area contributed by atoms with Gasteiger partial charge in [-0.3, -0.25) is 19.2 Å². The van der Waals surface area contributed by atoms with Crippen molar-refractivity contribution in [3.8, 4) is 0 Å². The van der Waals surface area contributed by atoms with Gasteiger partial charge in [0.15, 0.2) is 0 Å². The van der Waals surface area contributed by atoms with E-state index >= 15 is 0 Å². The third-order valence-electron chi connectivity index (χ3n) is 3.57. The van der Waals surface area contributed by atoms with E-state index in [2.05, 4.69) is 0 Å². The van der Waals surface area contributed by atoms with Crippen LogP contribution in [0.5, 0.6) is 0 Å². The van der Waals surface area contributed by atoms with Crippen molar-refractivity contribution in [2.45, 2.75) is 45.4 Å². The Morgan fingerprint density at radius 1 is 0.773 bits per heavy atom. The summed E-state index contributed by atoms with van der Waals surface area (Å²) in [4.78, 5) is 43.3. The average molecular weight is 318 g/mol. The molecule has 0 aliphatic carbocycles. The minimum atomic E-state index is -1.11. The summed E-state index contributed by atoms with van der Waals surface area (Å²) in [5.41, 5.74) is 0. The maximum absolute atomic E-state index is 11.1. The lowest BCUT2D eigenvalue weighted by Crippen LogP contribution is -2.22. The fraction of sp³-hybridized carbons (Fsp3) is 0.714. The lowest BCUT2D eigenvalue weighted by atomic mass is 9.89. The predicted octanol–water partition coefficient (Wildman–Crippen LogP) is 1.53. The van der Waals surface area contributed by atoms with Crippen LogP contribution >= 0.6 is 0 Å². The topological polar surface area (TPSA) is 149 Å². The number of hydrogen-bond donors (Lipinski definition) is 4. The maximum Gasteiger partial charge on any atom is 0.306 e. The molecule has 0 aromatic heterocycles. The molecule has 0 bridgehead atoms. The minimum Gasteiger partial charge on any atom is -0.481 e. The van der Waals surface area contributed by atoms with E-state index < -0.39 is 41.6 Å². The van der Waals surface area contributed by atoms with Gasteiger partial charge in [-0.25, -0.2) is 0 Å². The molecule has 4 N–H and O–H groups in total. The molecule has 0 saturated carbocycles. The van der Waals surface area contributed by atoms with Crippen LogP contribution in [0, 0.1) is 17.8 Å². The molecule has 0 aliphatic heterocycles. The van der Waals surface area contributed by atoms with Crippen molar-refractivity contribution in [1.82, 2.24) is 0 Å². The first-order valence-electron chi connectivity index (χ1n) is 7.05. The third kappa shape index (κ3) is 8.23. The molecule has 0 fully saturated rings. The van der Waals surface area contributed by atoms with Gasteiger partial charge in [-0.2, -0.15) is 0 Å². The molecule has 0 amide bonds. The van der Waals surface area contributed by atoms with Crippen LogP contribution in [0.15, 0.2) is 0 Å². The van der Waals surface area contributed by atoms with Gasteiger partial charge in [0, 0.05) is 6.42 Å². The molecule has 0 radical (unpaired) electrons. The smallest absolute Gasteiger partial charge is 0.306 e. The second-order valence-electron chi connectivity index (χ2n) is 5.41. The van der Waals surface area contributed by atoms with Crippen molar-refractivity contribution in [2.24, 2.45) is 17.8 Å². The Hall–Kier alpha value is -2.12. The largest absolute Gasteiger partial charge is 0.481 e. The van der Waals surface area contributed by atoms with Crippen LogP contribution in [-0.4, -0.2) is 44.3 Å². The van der Waals surface area contributed by atoms with Gasteiger partial charge in [0.05, 0.1) is 17.8 Å². The summed E-state index contributed by atoms with van der Waals surface area (Å²) < 4.78 is 0. The van der Waals surface area contributed by atoms with Crippen LogP contribution in [0.3, 0.4) is 0 Å². The molecule has 3 unspecified atom stereocenters. The fourth-order valence-corrected chi connectivity index (χ4v) is 2.17. The number of aliphatic carboxylic acids is 4. The van der Waals surface area contributed by atoms with Gasteiger partial charge in [0.25, 0.3) is 0 Å².